The summed E-state index contributed by atoms with van der Waals surface area (Å²) in [4.78, 5) is 14.0. The van der Waals surface area contributed by atoms with Gasteiger partial charge in [0.25, 0.3) is 0 Å². The second kappa shape index (κ2) is 6.21. The predicted molar refractivity (Wildman–Crippen MR) is 77.2 cm³/mol. The second-order valence-electron chi connectivity index (χ2n) is 5.00. The summed E-state index contributed by atoms with van der Waals surface area (Å²) < 4.78 is 0. The van der Waals surface area contributed by atoms with E-state index in [9.17, 15) is 4.79 Å². The van der Waals surface area contributed by atoms with Crippen LogP contribution in [0, 0.1) is 12.8 Å². The highest BCUT2D eigenvalue weighted by molar-refractivity contribution is 5.94. The summed E-state index contributed by atoms with van der Waals surface area (Å²) in [6, 6.07) is 8.24. The highest BCUT2D eigenvalue weighted by Gasteiger charge is 2.30. The van der Waals surface area contributed by atoms with Crippen LogP contribution in [0.3, 0.4) is 0 Å². The number of carbonyl (C=O) groups excluding carboxylic acids is 1. The Morgan fingerprint density at radius 2 is 1.89 bits per heavy atom. The van der Waals surface area contributed by atoms with Gasteiger partial charge in [-0.3, -0.25) is 4.79 Å². The first-order valence-electron chi connectivity index (χ1n) is 6.17. The standard InChI is InChI=1S/C14H20N2O.ClH/c1-10-3-7-13(8-4-10)16(2)14(17)11-5-6-12(15)9-11;/h3-4,7-8,11-12H,5-6,9,15H2,1-2H3;1H. The molecule has 1 aliphatic carbocycles. The van der Waals surface area contributed by atoms with Gasteiger partial charge in [-0.15, -0.1) is 12.4 Å². The van der Waals surface area contributed by atoms with Crippen LogP contribution in [-0.2, 0) is 4.79 Å². The number of nitrogens with zero attached hydrogens (tertiary/aromatic N) is 1. The summed E-state index contributed by atoms with van der Waals surface area (Å²) in [7, 11) is 1.84. The number of rotatable bonds is 2. The zero-order valence-corrected chi connectivity index (χ0v) is 11.7. The van der Waals surface area contributed by atoms with Gasteiger partial charge in [-0.25, -0.2) is 0 Å². The molecule has 0 radical (unpaired) electrons. The number of carbonyl (C=O) groups is 1. The van der Waals surface area contributed by atoms with E-state index < -0.39 is 0 Å². The van der Waals surface area contributed by atoms with E-state index in [0.29, 0.717) is 0 Å². The maximum absolute atomic E-state index is 12.2. The first-order chi connectivity index (χ1) is 8.08. The van der Waals surface area contributed by atoms with Crippen LogP contribution < -0.4 is 10.6 Å². The average molecular weight is 269 g/mol. The van der Waals surface area contributed by atoms with Gasteiger partial charge < -0.3 is 10.6 Å². The van der Waals surface area contributed by atoms with Gasteiger partial charge in [-0.05, 0) is 38.3 Å². The molecule has 2 unspecified atom stereocenters. The third kappa shape index (κ3) is 3.24. The van der Waals surface area contributed by atoms with Crippen LogP contribution in [0.1, 0.15) is 24.8 Å². The van der Waals surface area contributed by atoms with Crippen molar-refractivity contribution in [3.8, 4) is 0 Å². The molecule has 2 atom stereocenters. The molecule has 2 rings (SSSR count). The van der Waals surface area contributed by atoms with E-state index in [-0.39, 0.29) is 30.3 Å². The normalized spacial score (nSPS) is 22.4. The first kappa shape index (κ1) is 15.0. The molecule has 0 heterocycles. The third-order valence-electron chi connectivity index (χ3n) is 3.57. The predicted octanol–water partition coefficient (Wildman–Crippen LogP) is 2.51. The van der Waals surface area contributed by atoms with Gasteiger partial charge >= 0.3 is 0 Å². The third-order valence-corrected chi connectivity index (χ3v) is 3.57. The summed E-state index contributed by atoms with van der Waals surface area (Å²) in [5, 5.41) is 0. The van der Waals surface area contributed by atoms with E-state index >= 15 is 0 Å². The van der Waals surface area contributed by atoms with Crippen LogP contribution in [0.5, 0.6) is 0 Å². The molecule has 0 spiro atoms. The molecule has 1 aromatic carbocycles. The topological polar surface area (TPSA) is 46.3 Å². The molecule has 0 aliphatic heterocycles. The minimum atomic E-state index is 0. The summed E-state index contributed by atoms with van der Waals surface area (Å²) in [5.41, 5.74) is 8.02. The summed E-state index contributed by atoms with van der Waals surface area (Å²) in [6.07, 6.45) is 2.73. The first-order valence-corrected chi connectivity index (χ1v) is 6.17. The van der Waals surface area contributed by atoms with Gasteiger partial charge in [0.05, 0.1) is 0 Å². The van der Waals surface area contributed by atoms with E-state index in [4.69, 9.17) is 5.73 Å². The van der Waals surface area contributed by atoms with Gasteiger partial charge in [0.1, 0.15) is 0 Å². The van der Waals surface area contributed by atoms with Gasteiger partial charge in [0.2, 0.25) is 5.91 Å². The van der Waals surface area contributed by atoms with Crippen molar-refractivity contribution < 1.29 is 4.79 Å². The Kier molecular flexibility index (Phi) is 5.17. The van der Waals surface area contributed by atoms with E-state index in [1.54, 1.807) is 4.90 Å². The molecule has 100 valence electrons. The average Bonchev–Trinajstić information content (AvgIpc) is 2.75. The van der Waals surface area contributed by atoms with Crippen molar-refractivity contribution in [3.05, 3.63) is 29.8 Å². The molecular weight excluding hydrogens is 248 g/mol. The minimum Gasteiger partial charge on any atom is -0.328 e. The molecule has 4 heteroatoms. The molecule has 18 heavy (non-hydrogen) atoms. The zero-order chi connectivity index (χ0) is 12.4. The lowest BCUT2D eigenvalue weighted by atomic mass is 10.1. The number of hydrogen-bond donors (Lipinski definition) is 1. The number of nitrogens with two attached hydrogens (primary N) is 1. The molecule has 1 aromatic rings. The van der Waals surface area contributed by atoms with Crippen molar-refractivity contribution in [1.29, 1.82) is 0 Å². The number of anilines is 1. The fourth-order valence-electron chi connectivity index (χ4n) is 2.41. The van der Waals surface area contributed by atoms with Gasteiger partial charge in [0, 0.05) is 24.7 Å². The van der Waals surface area contributed by atoms with Crippen molar-refractivity contribution in [2.24, 2.45) is 11.7 Å². The second-order valence-corrected chi connectivity index (χ2v) is 5.00. The van der Waals surface area contributed by atoms with E-state index in [2.05, 4.69) is 0 Å². The van der Waals surface area contributed by atoms with Crippen LogP contribution in [-0.4, -0.2) is 19.0 Å². The Balaban J connectivity index is 0.00000162. The van der Waals surface area contributed by atoms with Crippen LogP contribution in [0.15, 0.2) is 24.3 Å². The van der Waals surface area contributed by atoms with Gasteiger partial charge in [0.15, 0.2) is 0 Å². The highest BCUT2D eigenvalue weighted by Crippen LogP contribution is 2.27. The molecule has 1 aliphatic rings. The molecule has 2 N–H and O–H groups in total. The fourth-order valence-corrected chi connectivity index (χ4v) is 2.41. The van der Waals surface area contributed by atoms with Crippen molar-refractivity contribution in [2.45, 2.75) is 32.2 Å². The Morgan fingerprint density at radius 3 is 2.39 bits per heavy atom. The Hall–Kier alpha value is -1.06. The molecule has 0 aromatic heterocycles. The van der Waals surface area contributed by atoms with Crippen molar-refractivity contribution in [1.82, 2.24) is 0 Å². The Bertz CT molecular complexity index is 405. The monoisotopic (exact) mass is 268 g/mol. The van der Waals surface area contributed by atoms with E-state index in [1.807, 2.05) is 38.2 Å². The van der Waals surface area contributed by atoms with Crippen LogP contribution in [0.4, 0.5) is 5.69 Å². The molecule has 1 fully saturated rings. The van der Waals surface area contributed by atoms with Gasteiger partial charge in [-0.2, -0.15) is 0 Å². The van der Waals surface area contributed by atoms with Crippen LogP contribution in [0.25, 0.3) is 0 Å². The molecule has 0 saturated heterocycles. The maximum Gasteiger partial charge on any atom is 0.229 e. The largest absolute Gasteiger partial charge is 0.328 e. The minimum absolute atomic E-state index is 0. The lowest BCUT2D eigenvalue weighted by Crippen LogP contribution is -2.32. The summed E-state index contributed by atoms with van der Waals surface area (Å²) in [5.74, 6) is 0.304. The van der Waals surface area contributed by atoms with Crippen LogP contribution in [0.2, 0.25) is 0 Å². The lowest BCUT2D eigenvalue weighted by Gasteiger charge is -2.21. The Labute approximate surface area is 115 Å². The van der Waals surface area contributed by atoms with Crippen LogP contribution >= 0.6 is 12.4 Å². The highest BCUT2D eigenvalue weighted by atomic mass is 35.5. The molecule has 1 saturated carbocycles. The smallest absolute Gasteiger partial charge is 0.229 e. The number of amides is 1. The number of aryl methyl sites for hydroxylation is 1. The molecular formula is C14H21ClN2O. The van der Waals surface area contributed by atoms with Gasteiger partial charge in [-0.1, -0.05) is 17.7 Å². The molecule has 3 nitrogen and oxygen atoms in total. The number of benzene rings is 1. The summed E-state index contributed by atoms with van der Waals surface area (Å²) in [6.45, 7) is 2.04. The fraction of sp³-hybridized carbons (Fsp3) is 0.500. The Morgan fingerprint density at radius 1 is 1.28 bits per heavy atom. The van der Waals surface area contributed by atoms with E-state index in [1.165, 1.54) is 5.56 Å². The number of hydrogen-bond acceptors (Lipinski definition) is 2. The lowest BCUT2D eigenvalue weighted by molar-refractivity contribution is -0.121. The maximum atomic E-state index is 12.2. The number of halogens is 1. The van der Waals surface area contributed by atoms with Crippen molar-refractivity contribution in [3.63, 3.8) is 0 Å². The summed E-state index contributed by atoms with van der Waals surface area (Å²) >= 11 is 0. The SMILES string of the molecule is Cc1ccc(N(C)C(=O)C2CCC(N)C2)cc1.Cl. The molecule has 1 amide bonds. The van der Waals surface area contributed by atoms with Crippen molar-refractivity contribution >= 4 is 24.0 Å². The quantitative estimate of drug-likeness (QED) is 0.896. The zero-order valence-electron chi connectivity index (χ0n) is 10.9. The molecule has 0 bridgehead atoms. The van der Waals surface area contributed by atoms with E-state index in [0.717, 1.165) is 24.9 Å². The van der Waals surface area contributed by atoms with Crippen molar-refractivity contribution in [2.75, 3.05) is 11.9 Å².